The summed E-state index contributed by atoms with van der Waals surface area (Å²) in [4.78, 5) is 9.01. The summed E-state index contributed by atoms with van der Waals surface area (Å²) < 4.78 is 70.0. The van der Waals surface area contributed by atoms with E-state index in [0.29, 0.717) is 44.5 Å². The molecule has 0 bridgehead atoms. The Hall–Kier alpha value is -5.44. The second-order valence-corrected chi connectivity index (χ2v) is 18.4. The first-order valence-electron chi connectivity index (χ1n) is 20.8. The van der Waals surface area contributed by atoms with Gasteiger partial charge in [-0.05, 0) is 74.6 Å². The van der Waals surface area contributed by atoms with Crippen molar-refractivity contribution in [1.29, 1.82) is 5.26 Å². The largest absolute Gasteiger partial charge is 0.501 e. The van der Waals surface area contributed by atoms with Crippen LogP contribution in [0.3, 0.4) is 0 Å². The van der Waals surface area contributed by atoms with Gasteiger partial charge in [0.05, 0.1) is 13.7 Å². The maximum atomic E-state index is 9.64. The monoisotopic (exact) mass is 890 g/mol. The van der Waals surface area contributed by atoms with Crippen LogP contribution in [0.1, 0.15) is 38.8 Å². The van der Waals surface area contributed by atoms with Crippen LogP contribution in [0.2, 0.25) is 19.6 Å². The van der Waals surface area contributed by atoms with Crippen LogP contribution in [0, 0.1) is 37.2 Å². The molecule has 0 aliphatic carbocycles. The van der Waals surface area contributed by atoms with Gasteiger partial charge in [-0.25, -0.2) is 5.26 Å². The molecule has 0 fully saturated rings. The van der Waals surface area contributed by atoms with Gasteiger partial charge in [0.2, 0.25) is 0 Å². The molecule has 3 aromatic heterocycles. The topological polar surface area (TPSA) is 62.7 Å². The van der Waals surface area contributed by atoms with E-state index in [9.17, 15) is 5.26 Å². The molecule has 263 valence electrons. The van der Waals surface area contributed by atoms with Gasteiger partial charge >= 0.3 is 0 Å². The molecular formula is C47H39IrN3OSi-2. The fourth-order valence-corrected chi connectivity index (χ4v) is 7.54. The Kier molecular flexibility index (Phi) is 8.52. The number of nitriles is 1. The van der Waals surface area contributed by atoms with E-state index in [0.717, 1.165) is 16.6 Å². The number of benzene rings is 5. The Morgan fingerprint density at radius 3 is 2.25 bits per heavy atom. The Morgan fingerprint density at radius 2 is 1.55 bits per heavy atom. The second-order valence-electron chi connectivity index (χ2n) is 13.3. The number of pyridine rings is 2. The SMILES string of the molecule is [2H]C([2H])([2H])c1c[c-]c(-c2cc(-c3ccccc3)c([Si](C)(C)C)cn2)cc1.[2H]C([2H])([2H])c1cnc(-c2[c-]cc(C#N)c3c2oc2ccccc23)cc1C([2H])([2H])c1ccccc1.[Ir]. The standard InChI is InChI=1S/C26H17N2O.C21H22NSi.Ir/c1-17-16-28-23(14-20(17)13-18-7-3-2-4-8-18)21-12-11-19(15-27)25-22-9-5-6-10-24(22)29-26(21)25;1-16-10-12-18(13-11-16)20-14-19(17-8-6-5-7-9-17)21(15-22-20)23(2,3)4;/h2-11,14,16H,13H2,1H3;5-12,14-15H,1-4H3;/q2*-1;/i1D3,13D2;1D3;. The minimum atomic E-state index is -2.56. The van der Waals surface area contributed by atoms with E-state index in [1.807, 2.05) is 42.6 Å². The maximum absolute atomic E-state index is 9.64. The zero-order valence-corrected chi connectivity index (χ0v) is 32.7. The van der Waals surface area contributed by atoms with E-state index in [1.165, 1.54) is 28.6 Å². The molecule has 0 aliphatic rings. The van der Waals surface area contributed by atoms with Crippen LogP contribution in [-0.4, -0.2) is 18.0 Å². The average molecular weight is 890 g/mol. The molecule has 1 radical (unpaired) electrons. The molecule has 5 aromatic carbocycles. The summed E-state index contributed by atoms with van der Waals surface area (Å²) in [6.45, 7) is 2.26. The summed E-state index contributed by atoms with van der Waals surface area (Å²) in [6, 6.07) is 44.4. The predicted molar refractivity (Wildman–Crippen MR) is 216 cm³/mol. The summed E-state index contributed by atoms with van der Waals surface area (Å²) in [5.41, 5.74) is 6.53. The van der Waals surface area contributed by atoms with Crippen LogP contribution < -0.4 is 5.19 Å². The van der Waals surface area contributed by atoms with Crippen molar-refractivity contribution >= 4 is 35.2 Å². The third-order valence-electron chi connectivity index (χ3n) is 8.67. The zero-order chi connectivity index (χ0) is 43.0. The van der Waals surface area contributed by atoms with Gasteiger partial charge in [0.1, 0.15) is 5.58 Å². The normalized spacial score (nSPS) is 14.0. The molecule has 0 spiro atoms. The van der Waals surface area contributed by atoms with Crippen LogP contribution in [-0.2, 0) is 26.5 Å². The molecule has 8 aromatic rings. The summed E-state index contributed by atoms with van der Waals surface area (Å²) in [6.07, 6.45) is 1.08. The average Bonchev–Trinajstić information content (AvgIpc) is 3.63. The van der Waals surface area contributed by atoms with E-state index in [-0.39, 0.29) is 31.2 Å². The fourth-order valence-electron chi connectivity index (χ4n) is 6.06. The molecule has 6 heteroatoms. The van der Waals surface area contributed by atoms with Crippen LogP contribution in [0.4, 0.5) is 0 Å². The molecule has 8 rings (SSSR count). The van der Waals surface area contributed by atoms with Gasteiger partial charge in [-0.1, -0.05) is 123 Å². The fraction of sp³-hybridized carbons (Fsp3) is 0.128. The summed E-state index contributed by atoms with van der Waals surface area (Å²) >= 11 is 0. The molecular weight excluding hydrogens is 843 g/mol. The summed E-state index contributed by atoms with van der Waals surface area (Å²) in [7, 11) is -1.57. The van der Waals surface area contributed by atoms with Crippen LogP contribution in [0.25, 0.3) is 55.6 Å². The minimum Gasteiger partial charge on any atom is -0.501 e. The first kappa shape index (κ1) is 28.1. The van der Waals surface area contributed by atoms with Crippen LogP contribution in [0.5, 0.6) is 0 Å². The summed E-state index contributed by atoms with van der Waals surface area (Å²) in [5, 5.41) is 12.3. The van der Waals surface area contributed by atoms with Gasteiger partial charge in [0.15, 0.2) is 0 Å². The number of nitrogens with zero attached hydrogens (tertiary/aromatic N) is 3. The number of rotatable bonds is 6. The van der Waals surface area contributed by atoms with Crippen molar-refractivity contribution in [2.45, 2.75) is 39.7 Å². The number of para-hydroxylation sites is 1. The Labute approximate surface area is 337 Å². The molecule has 53 heavy (non-hydrogen) atoms. The molecule has 0 N–H and O–H groups in total. The quantitative estimate of drug-likeness (QED) is 0.123. The number of hydrogen-bond acceptors (Lipinski definition) is 4. The Morgan fingerprint density at radius 1 is 0.811 bits per heavy atom. The minimum absolute atomic E-state index is 0. The molecule has 0 amide bonds. The van der Waals surface area contributed by atoms with Crippen molar-refractivity contribution in [1.82, 2.24) is 9.97 Å². The molecule has 0 unspecified atom stereocenters. The van der Waals surface area contributed by atoms with Crippen molar-refractivity contribution in [3.05, 3.63) is 174 Å². The number of fused-ring (bicyclic) bond motifs is 3. The van der Waals surface area contributed by atoms with Gasteiger partial charge in [-0.2, -0.15) is 0 Å². The van der Waals surface area contributed by atoms with Crippen molar-refractivity contribution in [2.75, 3.05) is 0 Å². The first-order chi connectivity index (χ1) is 28.4. The van der Waals surface area contributed by atoms with Crippen molar-refractivity contribution < 1.29 is 35.5 Å². The summed E-state index contributed by atoms with van der Waals surface area (Å²) in [5.74, 6) is 0. The van der Waals surface area contributed by atoms with Crippen LogP contribution in [0.15, 0.2) is 138 Å². The van der Waals surface area contributed by atoms with Crippen molar-refractivity contribution in [3.63, 3.8) is 0 Å². The Bertz CT molecular complexity index is 2870. The molecule has 0 saturated carbocycles. The maximum Gasteiger partial charge on any atom is 0.120 e. The third-order valence-corrected chi connectivity index (χ3v) is 10.7. The number of aryl methyl sites for hydroxylation is 2. The molecule has 0 atom stereocenters. The predicted octanol–water partition coefficient (Wildman–Crippen LogP) is 11.3. The van der Waals surface area contributed by atoms with E-state index in [2.05, 4.69) is 66.0 Å². The van der Waals surface area contributed by atoms with Crippen molar-refractivity contribution in [3.8, 4) is 39.7 Å². The molecule has 4 nitrogen and oxygen atoms in total. The zero-order valence-electron chi connectivity index (χ0n) is 37.3. The Balaban J connectivity index is 0.000000208. The first-order valence-corrected chi connectivity index (χ1v) is 20.3. The number of aromatic nitrogens is 2. The van der Waals surface area contributed by atoms with E-state index < -0.39 is 28.2 Å². The van der Waals surface area contributed by atoms with E-state index in [1.54, 1.807) is 60.7 Å². The van der Waals surface area contributed by atoms with Gasteiger partial charge in [0, 0.05) is 54.9 Å². The molecule has 0 aliphatic heterocycles. The molecule has 0 saturated heterocycles. The van der Waals surface area contributed by atoms with Crippen LogP contribution >= 0.6 is 0 Å². The van der Waals surface area contributed by atoms with Crippen molar-refractivity contribution in [2.24, 2.45) is 0 Å². The number of furan rings is 1. The van der Waals surface area contributed by atoms with Gasteiger partial charge < -0.3 is 14.4 Å². The van der Waals surface area contributed by atoms with Gasteiger partial charge in [-0.3, -0.25) is 0 Å². The second kappa shape index (κ2) is 16.1. The molecule has 3 heterocycles. The van der Waals surface area contributed by atoms with Gasteiger partial charge in [-0.15, -0.1) is 47.5 Å². The van der Waals surface area contributed by atoms with E-state index >= 15 is 0 Å². The van der Waals surface area contributed by atoms with Gasteiger partial charge in [0.25, 0.3) is 0 Å². The smallest absolute Gasteiger partial charge is 0.120 e. The van der Waals surface area contributed by atoms with E-state index in [4.69, 9.17) is 15.4 Å². The third kappa shape index (κ3) is 8.14. The number of hydrogen-bond donors (Lipinski definition) is 0.